The predicted molar refractivity (Wildman–Crippen MR) is 125 cm³/mol. The summed E-state index contributed by atoms with van der Waals surface area (Å²) in [6, 6.07) is 21.8. The lowest BCUT2D eigenvalue weighted by molar-refractivity contribution is -0.116. The number of rotatable bonds is 7. The molecule has 0 fully saturated rings. The van der Waals surface area contributed by atoms with E-state index in [4.69, 9.17) is 0 Å². The van der Waals surface area contributed by atoms with E-state index < -0.39 is 10.0 Å². The number of nitrogens with zero attached hydrogens (tertiary/aromatic N) is 1. The molecule has 0 radical (unpaired) electrons. The van der Waals surface area contributed by atoms with Gasteiger partial charge in [0.15, 0.2) is 5.13 Å². The first-order valence-electron chi connectivity index (χ1n) is 9.73. The quantitative estimate of drug-likeness (QED) is 0.415. The molecule has 0 aliphatic heterocycles. The van der Waals surface area contributed by atoms with E-state index in [1.165, 1.54) is 11.3 Å². The Morgan fingerprint density at radius 3 is 2.48 bits per heavy atom. The Bertz CT molecular complexity index is 1320. The van der Waals surface area contributed by atoms with E-state index in [1.807, 2.05) is 37.3 Å². The van der Waals surface area contributed by atoms with Gasteiger partial charge >= 0.3 is 0 Å². The van der Waals surface area contributed by atoms with Crippen molar-refractivity contribution in [3.05, 3.63) is 83.9 Å². The molecule has 0 unspecified atom stereocenters. The second-order valence-corrected chi connectivity index (χ2v) is 9.87. The SMILES string of the molecule is Cc1ccc(S(=O)(=O)Nc2nc3ccc(NC(=O)CCc4ccccc4)cc3s2)cc1. The van der Waals surface area contributed by atoms with Gasteiger partial charge in [0.1, 0.15) is 0 Å². The maximum atomic E-state index is 12.6. The van der Waals surface area contributed by atoms with Crippen LogP contribution in [0.5, 0.6) is 0 Å². The van der Waals surface area contributed by atoms with Gasteiger partial charge in [0.25, 0.3) is 10.0 Å². The minimum Gasteiger partial charge on any atom is -0.326 e. The van der Waals surface area contributed by atoms with Crippen molar-refractivity contribution < 1.29 is 13.2 Å². The molecule has 4 rings (SSSR count). The second kappa shape index (κ2) is 8.87. The number of hydrogen-bond donors (Lipinski definition) is 2. The minimum atomic E-state index is -3.71. The molecule has 8 heteroatoms. The Labute approximate surface area is 185 Å². The largest absolute Gasteiger partial charge is 0.326 e. The highest BCUT2D eigenvalue weighted by Crippen LogP contribution is 2.30. The summed E-state index contributed by atoms with van der Waals surface area (Å²) in [5.74, 6) is -0.0759. The number of sulfonamides is 1. The Hall–Kier alpha value is -3.23. The van der Waals surface area contributed by atoms with Gasteiger partial charge in [-0.3, -0.25) is 9.52 Å². The summed E-state index contributed by atoms with van der Waals surface area (Å²) in [6.07, 6.45) is 1.05. The molecular weight excluding hydrogens is 430 g/mol. The summed E-state index contributed by atoms with van der Waals surface area (Å²) in [4.78, 5) is 16.8. The van der Waals surface area contributed by atoms with E-state index >= 15 is 0 Å². The van der Waals surface area contributed by atoms with Crippen LogP contribution >= 0.6 is 11.3 Å². The number of fused-ring (bicyclic) bond motifs is 1. The molecule has 1 amide bonds. The molecule has 0 aliphatic carbocycles. The van der Waals surface area contributed by atoms with Gasteiger partial charge in [0.2, 0.25) is 5.91 Å². The highest BCUT2D eigenvalue weighted by Gasteiger charge is 2.16. The summed E-state index contributed by atoms with van der Waals surface area (Å²) in [6.45, 7) is 1.90. The lowest BCUT2D eigenvalue weighted by Gasteiger charge is -2.05. The topological polar surface area (TPSA) is 88.2 Å². The zero-order chi connectivity index (χ0) is 21.8. The summed E-state index contributed by atoms with van der Waals surface area (Å²) in [5, 5.41) is 3.17. The first-order valence-corrected chi connectivity index (χ1v) is 12.0. The molecule has 2 N–H and O–H groups in total. The molecule has 1 aromatic heterocycles. The molecule has 0 saturated heterocycles. The number of hydrogen-bond acceptors (Lipinski definition) is 5. The maximum Gasteiger partial charge on any atom is 0.263 e. The molecule has 3 aromatic carbocycles. The number of anilines is 2. The monoisotopic (exact) mass is 451 g/mol. The van der Waals surface area contributed by atoms with Crippen molar-refractivity contribution >= 4 is 48.3 Å². The normalized spacial score (nSPS) is 11.4. The van der Waals surface area contributed by atoms with Crippen molar-refractivity contribution in [2.75, 3.05) is 10.0 Å². The minimum absolute atomic E-state index is 0.0759. The third-order valence-electron chi connectivity index (χ3n) is 4.71. The fourth-order valence-corrected chi connectivity index (χ4v) is 5.20. The first kappa shape index (κ1) is 21.0. The van der Waals surface area contributed by atoms with Crippen LogP contribution in [0.1, 0.15) is 17.5 Å². The molecule has 1 heterocycles. The average molecular weight is 452 g/mol. The Morgan fingerprint density at radius 1 is 1.00 bits per heavy atom. The molecule has 4 aromatic rings. The van der Waals surface area contributed by atoms with Crippen LogP contribution in [0.2, 0.25) is 0 Å². The standard InChI is InChI=1S/C23H21N3O3S2/c1-16-7-11-19(12-8-16)31(28,29)26-23-25-20-13-10-18(15-21(20)30-23)24-22(27)14-9-17-5-3-2-4-6-17/h2-8,10-13,15H,9,14H2,1H3,(H,24,27)(H,25,26). The summed E-state index contributed by atoms with van der Waals surface area (Å²) < 4.78 is 28.5. The summed E-state index contributed by atoms with van der Waals surface area (Å²) >= 11 is 1.22. The van der Waals surface area contributed by atoms with Crippen molar-refractivity contribution in [1.82, 2.24) is 4.98 Å². The van der Waals surface area contributed by atoms with Gasteiger partial charge in [0, 0.05) is 12.1 Å². The van der Waals surface area contributed by atoms with Crippen molar-refractivity contribution in [2.45, 2.75) is 24.7 Å². The fraction of sp³-hybridized carbons (Fsp3) is 0.130. The van der Waals surface area contributed by atoms with Crippen LogP contribution in [0, 0.1) is 6.92 Å². The van der Waals surface area contributed by atoms with E-state index in [9.17, 15) is 13.2 Å². The number of aromatic nitrogens is 1. The van der Waals surface area contributed by atoms with Gasteiger partial charge in [0.05, 0.1) is 15.1 Å². The van der Waals surface area contributed by atoms with Crippen LogP contribution in [0.25, 0.3) is 10.2 Å². The Kier molecular flexibility index (Phi) is 6.01. The zero-order valence-corrected chi connectivity index (χ0v) is 18.5. The number of amides is 1. The highest BCUT2D eigenvalue weighted by molar-refractivity contribution is 7.93. The van der Waals surface area contributed by atoms with E-state index in [2.05, 4.69) is 15.0 Å². The van der Waals surface area contributed by atoms with E-state index in [1.54, 1.807) is 42.5 Å². The number of benzene rings is 3. The first-order chi connectivity index (χ1) is 14.9. The van der Waals surface area contributed by atoms with Crippen molar-refractivity contribution in [3.63, 3.8) is 0 Å². The second-order valence-electron chi connectivity index (χ2n) is 7.15. The molecular formula is C23H21N3O3S2. The molecule has 6 nitrogen and oxygen atoms in total. The lowest BCUT2D eigenvalue weighted by Crippen LogP contribution is -2.12. The van der Waals surface area contributed by atoms with Gasteiger partial charge in [-0.15, -0.1) is 0 Å². The van der Waals surface area contributed by atoms with Gasteiger partial charge < -0.3 is 5.32 Å². The van der Waals surface area contributed by atoms with E-state index in [0.717, 1.165) is 15.8 Å². The van der Waals surface area contributed by atoms with Crippen LogP contribution in [0.3, 0.4) is 0 Å². The summed E-state index contributed by atoms with van der Waals surface area (Å²) in [5.41, 5.74) is 3.41. The fourth-order valence-electron chi connectivity index (χ4n) is 3.06. The summed E-state index contributed by atoms with van der Waals surface area (Å²) in [7, 11) is -3.71. The van der Waals surface area contributed by atoms with Crippen molar-refractivity contribution in [1.29, 1.82) is 0 Å². The molecule has 0 spiro atoms. The maximum absolute atomic E-state index is 12.6. The van der Waals surface area contributed by atoms with E-state index in [-0.39, 0.29) is 15.9 Å². The number of carbonyl (C=O) groups excluding carboxylic acids is 1. The Morgan fingerprint density at radius 2 is 1.74 bits per heavy atom. The van der Waals surface area contributed by atoms with Crippen molar-refractivity contribution in [2.24, 2.45) is 0 Å². The van der Waals surface area contributed by atoms with Gasteiger partial charge in [-0.25, -0.2) is 13.4 Å². The number of thiazole rings is 1. The van der Waals surface area contributed by atoms with Crippen molar-refractivity contribution in [3.8, 4) is 0 Å². The molecule has 158 valence electrons. The number of carbonyl (C=O) groups is 1. The molecule has 0 atom stereocenters. The molecule has 0 aliphatic rings. The molecule has 31 heavy (non-hydrogen) atoms. The molecule has 0 saturated carbocycles. The van der Waals surface area contributed by atoms with Crippen LogP contribution in [-0.4, -0.2) is 19.3 Å². The average Bonchev–Trinajstić information content (AvgIpc) is 3.14. The lowest BCUT2D eigenvalue weighted by atomic mass is 10.1. The number of nitrogens with one attached hydrogen (secondary N) is 2. The van der Waals surface area contributed by atoms with Gasteiger partial charge in [-0.2, -0.15) is 0 Å². The smallest absolute Gasteiger partial charge is 0.263 e. The van der Waals surface area contributed by atoms with Crippen LogP contribution < -0.4 is 10.0 Å². The van der Waals surface area contributed by atoms with Crippen LogP contribution in [-0.2, 0) is 21.2 Å². The predicted octanol–water partition coefficient (Wildman–Crippen LogP) is 4.98. The molecule has 0 bridgehead atoms. The van der Waals surface area contributed by atoms with E-state index in [0.29, 0.717) is 24.0 Å². The third kappa shape index (κ3) is 5.28. The number of aryl methyl sites for hydroxylation is 2. The van der Waals surface area contributed by atoms with Gasteiger partial charge in [-0.1, -0.05) is 59.4 Å². The highest BCUT2D eigenvalue weighted by atomic mass is 32.2. The van der Waals surface area contributed by atoms with Crippen LogP contribution in [0.4, 0.5) is 10.8 Å². The Balaban J connectivity index is 1.44. The third-order valence-corrected chi connectivity index (χ3v) is 7.13. The zero-order valence-electron chi connectivity index (χ0n) is 16.8. The van der Waals surface area contributed by atoms with Crippen LogP contribution in [0.15, 0.2) is 77.7 Å². The van der Waals surface area contributed by atoms with Gasteiger partial charge in [-0.05, 0) is 49.2 Å².